The van der Waals surface area contributed by atoms with Crippen molar-refractivity contribution in [3.8, 4) is 0 Å². The van der Waals surface area contributed by atoms with Crippen LogP contribution in [0.1, 0.15) is 30.7 Å². The lowest BCUT2D eigenvalue weighted by atomic mass is 10.0. The Morgan fingerprint density at radius 3 is 2.60 bits per heavy atom. The minimum absolute atomic E-state index is 0.417. The molecular formula is C17H24N2O. The van der Waals surface area contributed by atoms with Crippen molar-refractivity contribution in [2.45, 2.75) is 25.9 Å². The Hall–Kier alpha value is -1.58. The van der Waals surface area contributed by atoms with E-state index in [4.69, 9.17) is 4.42 Å². The van der Waals surface area contributed by atoms with Gasteiger partial charge in [-0.1, -0.05) is 37.3 Å². The van der Waals surface area contributed by atoms with Gasteiger partial charge in [0.15, 0.2) is 0 Å². The van der Waals surface area contributed by atoms with Gasteiger partial charge in [-0.3, -0.25) is 4.90 Å². The van der Waals surface area contributed by atoms with Crippen LogP contribution < -0.4 is 5.32 Å². The predicted octanol–water partition coefficient (Wildman–Crippen LogP) is 3.45. The summed E-state index contributed by atoms with van der Waals surface area (Å²) in [6.45, 7) is 5.04. The molecule has 1 atom stereocenters. The summed E-state index contributed by atoms with van der Waals surface area (Å²) in [6.07, 6.45) is 2.82. The molecule has 0 spiro atoms. The molecule has 0 amide bonds. The number of benzene rings is 1. The minimum Gasteiger partial charge on any atom is -0.468 e. The van der Waals surface area contributed by atoms with E-state index in [-0.39, 0.29) is 0 Å². The molecule has 0 saturated heterocycles. The summed E-state index contributed by atoms with van der Waals surface area (Å²) in [6, 6.07) is 15.0. The van der Waals surface area contributed by atoms with Gasteiger partial charge in [-0.15, -0.1) is 0 Å². The first-order valence-electron chi connectivity index (χ1n) is 7.29. The first-order chi connectivity index (χ1) is 9.79. The molecule has 20 heavy (non-hydrogen) atoms. The molecule has 0 bridgehead atoms. The number of nitrogens with one attached hydrogen (secondary N) is 1. The van der Waals surface area contributed by atoms with Gasteiger partial charge in [-0.05, 0) is 37.7 Å². The Morgan fingerprint density at radius 1 is 1.15 bits per heavy atom. The van der Waals surface area contributed by atoms with Crippen LogP contribution in [-0.4, -0.2) is 25.0 Å². The van der Waals surface area contributed by atoms with Crippen LogP contribution in [0.3, 0.4) is 0 Å². The molecular weight excluding hydrogens is 248 g/mol. The van der Waals surface area contributed by atoms with Gasteiger partial charge >= 0.3 is 0 Å². The van der Waals surface area contributed by atoms with Crippen molar-refractivity contribution < 1.29 is 4.42 Å². The van der Waals surface area contributed by atoms with E-state index in [1.54, 1.807) is 6.26 Å². The normalized spacial score (nSPS) is 12.8. The van der Waals surface area contributed by atoms with Crippen molar-refractivity contribution in [2.75, 3.05) is 20.1 Å². The van der Waals surface area contributed by atoms with Crippen LogP contribution in [-0.2, 0) is 6.54 Å². The third-order valence-corrected chi connectivity index (χ3v) is 3.46. The van der Waals surface area contributed by atoms with Gasteiger partial charge in [0, 0.05) is 12.6 Å². The molecule has 3 nitrogen and oxygen atoms in total. The number of nitrogens with zero attached hydrogens (tertiary/aromatic N) is 1. The summed E-state index contributed by atoms with van der Waals surface area (Å²) in [4.78, 5) is 2.30. The van der Waals surface area contributed by atoms with Crippen molar-refractivity contribution >= 4 is 0 Å². The first kappa shape index (κ1) is 14.8. The van der Waals surface area contributed by atoms with Gasteiger partial charge in [0.05, 0.1) is 12.8 Å². The van der Waals surface area contributed by atoms with E-state index in [0.29, 0.717) is 6.04 Å². The quantitative estimate of drug-likeness (QED) is 0.798. The van der Waals surface area contributed by atoms with Crippen LogP contribution in [0.25, 0.3) is 0 Å². The van der Waals surface area contributed by atoms with E-state index in [2.05, 4.69) is 54.5 Å². The summed E-state index contributed by atoms with van der Waals surface area (Å²) >= 11 is 0. The number of hydrogen-bond acceptors (Lipinski definition) is 3. The molecule has 0 radical (unpaired) electrons. The predicted molar refractivity (Wildman–Crippen MR) is 82.5 cm³/mol. The monoisotopic (exact) mass is 272 g/mol. The highest BCUT2D eigenvalue weighted by Gasteiger charge is 2.11. The average Bonchev–Trinajstić information content (AvgIpc) is 2.97. The lowest BCUT2D eigenvalue weighted by molar-refractivity contribution is 0.277. The molecule has 0 saturated carbocycles. The first-order valence-corrected chi connectivity index (χ1v) is 7.29. The Balaban J connectivity index is 1.85. The van der Waals surface area contributed by atoms with Gasteiger partial charge in [0.2, 0.25) is 0 Å². The molecule has 3 heteroatoms. The standard InChI is InChI=1S/C17H24N2O/c1-3-18-17(15-8-5-4-6-9-15)11-12-19(2)14-16-10-7-13-20-16/h4-10,13,17-18H,3,11-12,14H2,1-2H3. The summed E-state index contributed by atoms with van der Waals surface area (Å²) in [5, 5.41) is 3.56. The molecule has 2 aromatic rings. The second-order valence-electron chi connectivity index (χ2n) is 5.13. The zero-order valence-corrected chi connectivity index (χ0v) is 12.4. The Bertz CT molecular complexity index is 467. The lowest BCUT2D eigenvalue weighted by Gasteiger charge is -2.22. The highest BCUT2D eigenvalue weighted by molar-refractivity contribution is 5.18. The van der Waals surface area contributed by atoms with Crippen molar-refractivity contribution in [1.82, 2.24) is 10.2 Å². The zero-order valence-electron chi connectivity index (χ0n) is 12.4. The number of rotatable bonds is 8. The highest BCUT2D eigenvalue weighted by atomic mass is 16.3. The van der Waals surface area contributed by atoms with Gasteiger partial charge in [0.25, 0.3) is 0 Å². The fraction of sp³-hybridized carbons (Fsp3) is 0.412. The number of hydrogen-bond donors (Lipinski definition) is 1. The van der Waals surface area contributed by atoms with E-state index in [9.17, 15) is 0 Å². The third-order valence-electron chi connectivity index (χ3n) is 3.46. The zero-order chi connectivity index (χ0) is 14.2. The minimum atomic E-state index is 0.417. The molecule has 1 aromatic heterocycles. The Labute approximate surface area is 121 Å². The molecule has 2 rings (SSSR count). The van der Waals surface area contributed by atoms with Crippen molar-refractivity contribution in [2.24, 2.45) is 0 Å². The lowest BCUT2D eigenvalue weighted by Crippen LogP contribution is -2.27. The molecule has 1 heterocycles. The van der Waals surface area contributed by atoms with Gasteiger partial charge in [-0.2, -0.15) is 0 Å². The molecule has 108 valence electrons. The third kappa shape index (κ3) is 4.51. The van der Waals surface area contributed by atoms with Crippen molar-refractivity contribution in [1.29, 1.82) is 0 Å². The summed E-state index contributed by atoms with van der Waals surface area (Å²) in [7, 11) is 2.14. The summed E-state index contributed by atoms with van der Waals surface area (Å²) < 4.78 is 5.39. The maximum atomic E-state index is 5.39. The van der Waals surface area contributed by atoms with Crippen LogP contribution in [0.15, 0.2) is 53.1 Å². The molecule has 0 aliphatic rings. The second-order valence-corrected chi connectivity index (χ2v) is 5.13. The van der Waals surface area contributed by atoms with Crippen LogP contribution in [0.2, 0.25) is 0 Å². The topological polar surface area (TPSA) is 28.4 Å². The van der Waals surface area contributed by atoms with E-state index in [0.717, 1.165) is 31.8 Å². The Kier molecular flexibility index (Phi) is 5.84. The van der Waals surface area contributed by atoms with E-state index < -0.39 is 0 Å². The molecule has 1 N–H and O–H groups in total. The maximum absolute atomic E-state index is 5.39. The smallest absolute Gasteiger partial charge is 0.117 e. The fourth-order valence-corrected chi connectivity index (χ4v) is 2.42. The average molecular weight is 272 g/mol. The van der Waals surface area contributed by atoms with E-state index >= 15 is 0 Å². The maximum Gasteiger partial charge on any atom is 0.117 e. The van der Waals surface area contributed by atoms with E-state index in [1.165, 1.54) is 5.56 Å². The van der Waals surface area contributed by atoms with E-state index in [1.807, 2.05) is 12.1 Å². The largest absolute Gasteiger partial charge is 0.468 e. The van der Waals surface area contributed by atoms with Gasteiger partial charge < -0.3 is 9.73 Å². The van der Waals surface area contributed by atoms with Crippen LogP contribution in [0.4, 0.5) is 0 Å². The van der Waals surface area contributed by atoms with Crippen LogP contribution >= 0.6 is 0 Å². The highest BCUT2D eigenvalue weighted by Crippen LogP contribution is 2.17. The second kappa shape index (κ2) is 7.88. The molecule has 1 unspecified atom stereocenters. The molecule has 1 aromatic carbocycles. The molecule has 0 aliphatic heterocycles. The molecule has 0 aliphatic carbocycles. The summed E-state index contributed by atoms with van der Waals surface area (Å²) in [5.74, 6) is 1.02. The van der Waals surface area contributed by atoms with Crippen molar-refractivity contribution in [3.63, 3.8) is 0 Å². The number of furan rings is 1. The molecule has 0 fully saturated rings. The van der Waals surface area contributed by atoms with Crippen LogP contribution in [0.5, 0.6) is 0 Å². The van der Waals surface area contributed by atoms with Crippen molar-refractivity contribution in [3.05, 3.63) is 60.1 Å². The van der Waals surface area contributed by atoms with Gasteiger partial charge in [-0.25, -0.2) is 0 Å². The Morgan fingerprint density at radius 2 is 1.95 bits per heavy atom. The summed E-state index contributed by atoms with van der Waals surface area (Å²) in [5.41, 5.74) is 1.36. The van der Waals surface area contributed by atoms with Gasteiger partial charge in [0.1, 0.15) is 5.76 Å². The SMILES string of the molecule is CCNC(CCN(C)Cc1ccco1)c1ccccc1. The fourth-order valence-electron chi connectivity index (χ4n) is 2.42. The van der Waals surface area contributed by atoms with Crippen LogP contribution in [0, 0.1) is 0 Å².